The Morgan fingerprint density at radius 2 is 1.77 bits per heavy atom. The van der Waals surface area contributed by atoms with E-state index in [0.29, 0.717) is 30.5 Å². The minimum absolute atomic E-state index is 0.0108. The van der Waals surface area contributed by atoms with Crippen LogP contribution in [-0.2, 0) is 4.79 Å². The summed E-state index contributed by atoms with van der Waals surface area (Å²) >= 11 is 0. The van der Waals surface area contributed by atoms with Gasteiger partial charge in [-0.15, -0.1) is 0 Å². The highest BCUT2D eigenvalue weighted by atomic mass is 16.3. The number of hydrogen-bond acceptors (Lipinski definition) is 3. The molecular formula is C23H25NO2. The van der Waals surface area contributed by atoms with Crippen LogP contribution in [0.25, 0.3) is 0 Å². The first-order chi connectivity index (χ1) is 12.6. The second-order valence-electron chi connectivity index (χ2n) is 6.86. The van der Waals surface area contributed by atoms with Crippen molar-refractivity contribution in [3.8, 4) is 0 Å². The maximum Gasteiger partial charge on any atom is 0.168 e. The first-order valence-corrected chi connectivity index (χ1v) is 9.24. The van der Waals surface area contributed by atoms with Crippen molar-refractivity contribution in [2.75, 3.05) is 0 Å². The molecule has 0 heterocycles. The second-order valence-corrected chi connectivity index (χ2v) is 6.86. The number of aliphatic hydroxyl groups is 1. The molecule has 3 rings (SSSR count). The van der Waals surface area contributed by atoms with Gasteiger partial charge >= 0.3 is 0 Å². The van der Waals surface area contributed by atoms with Crippen LogP contribution in [0.15, 0.2) is 70.9 Å². The maximum absolute atomic E-state index is 12.9. The van der Waals surface area contributed by atoms with Gasteiger partial charge in [-0.1, -0.05) is 55.5 Å². The summed E-state index contributed by atoms with van der Waals surface area (Å²) in [4.78, 5) is 17.7. The van der Waals surface area contributed by atoms with Gasteiger partial charge in [-0.3, -0.25) is 9.79 Å². The van der Waals surface area contributed by atoms with Crippen LogP contribution in [0.1, 0.15) is 49.7 Å². The normalized spacial score (nSPS) is 21.1. The molecule has 1 aliphatic carbocycles. The van der Waals surface area contributed by atoms with E-state index < -0.39 is 0 Å². The predicted octanol–water partition coefficient (Wildman–Crippen LogP) is 5.83. The number of hydrogen-bond donors (Lipinski definition) is 1. The van der Waals surface area contributed by atoms with E-state index in [1.807, 2.05) is 56.3 Å². The molecule has 0 aromatic heterocycles. The number of aliphatic hydroxyl groups excluding tert-OH is 1. The number of aliphatic imine (C=N–C) groups is 1. The van der Waals surface area contributed by atoms with Crippen LogP contribution in [-0.4, -0.2) is 16.6 Å². The van der Waals surface area contributed by atoms with Gasteiger partial charge in [0, 0.05) is 12.8 Å². The number of aryl methyl sites for hydroxylation is 1. The van der Waals surface area contributed by atoms with E-state index in [1.165, 1.54) is 0 Å². The van der Waals surface area contributed by atoms with E-state index >= 15 is 0 Å². The Morgan fingerprint density at radius 1 is 1.08 bits per heavy atom. The fourth-order valence-electron chi connectivity index (χ4n) is 3.48. The minimum Gasteiger partial charge on any atom is -0.511 e. The number of rotatable bonds is 4. The molecule has 0 radical (unpaired) electrons. The number of nitrogens with zero attached hydrogens (tertiary/aromatic N) is 1. The van der Waals surface area contributed by atoms with Gasteiger partial charge in [0.1, 0.15) is 5.76 Å². The van der Waals surface area contributed by atoms with Crippen LogP contribution in [0.2, 0.25) is 0 Å². The summed E-state index contributed by atoms with van der Waals surface area (Å²) in [5, 5.41) is 10.5. The summed E-state index contributed by atoms with van der Waals surface area (Å²) in [6.07, 6.45) is 2.37. The van der Waals surface area contributed by atoms with Crippen molar-refractivity contribution in [1.29, 1.82) is 0 Å². The number of Topliss-reactive ketones (excluding diaryl/α,β-unsaturated/α-hetero) is 1. The summed E-state index contributed by atoms with van der Waals surface area (Å²) < 4.78 is 0. The van der Waals surface area contributed by atoms with Crippen molar-refractivity contribution in [1.82, 2.24) is 0 Å². The van der Waals surface area contributed by atoms with Gasteiger partial charge < -0.3 is 5.11 Å². The van der Waals surface area contributed by atoms with Crippen molar-refractivity contribution < 1.29 is 9.90 Å². The average molecular weight is 347 g/mol. The van der Waals surface area contributed by atoms with E-state index in [4.69, 9.17) is 4.99 Å². The van der Waals surface area contributed by atoms with Gasteiger partial charge in [-0.25, -0.2) is 0 Å². The first kappa shape index (κ1) is 18.1. The van der Waals surface area contributed by atoms with Gasteiger partial charge in [0.25, 0.3) is 0 Å². The Hall–Kier alpha value is -2.68. The van der Waals surface area contributed by atoms with Gasteiger partial charge in [0.2, 0.25) is 0 Å². The van der Waals surface area contributed by atoms with Gasteiger partial charge in [0.05, 0.1) is 17.0 Å². The number of ketones is 1. The van der Waals surface area contributed by atoms with Crippen molar-refractivity contribution >= 4 is 17.2 Å². The molecule has 1 fully saturated rings. The van der Waals surface area contributed by atoms with Crippen LogP contribution >= 0.6 is 0 Å². The van der Waals surface area contributed by atoms with Crippen molar-refractivity contribution in [3.05, 3.63) is 77.1 Å². The van der Waals surface area contributed by atoms with Crippen LogP contribution in [0.4, 0.5) is 5.69 Å². The Kier molecular flexibility index (Phi) is 5.67. The topological polar surface area (TPSA) is 49.7 Å². The lowest BCUT2D eigenvalue weighted by molar-refractivity contribution is -0.115. The van der Waals surface area contributed by atoms with Gasteiger partial charge in [-0.2, -0.15) is 0 Å². The molecule has 1 aliphatic rings. The number of allylic oxidation sites excluding steroid dienone is 2. The third kappa shape index (κ3) is 3.93. The molecule has 3 nitrogen and oxygen atoms in total. The maximum atomic E-state index is 12.9. The fraction of sp³-hybridized carbons (Fsp3) is 0.304. The number of carbonyl (C=O) groups excluding carboxylic acids is 1. The van der Waals surface area contributed by atoms with Crippen molar-refractivity contribution in [2.24, 2.45) is 4.99 Å². The smallest absolute Gasteiger partial charge is 0.168 e. The zero-order chi connectivity index (χ0) is 18.5. The van der Waals surface area contributed by atoms with E-state index in [1.54, 1.807) is 0 Å². The molecule has 0 spiro atoms. The Balaban J connectivity index is 2.05. The summed E-state index contributed by atoms with van der Waals surface area (Å²) in [5.41, 5.74) is 4.19. The summed E-state index contributed by atoms with van der Waals surface area (Å²) in [6, 6.07) is 18.0. The van der Waals surface area contributed by atoms with Crippen LogP contribution in [0.5, 0.6) is 0 Å². The predicted molar refractivity (Wildman–Crippen MR) is 106 cm³/mol. The van der Waals surface area contributed by atoms with Crippen LogP contribution < -0.4 is 0 Å². The molecule has 1 atom stereocenters. The number of para-hydroxylation sites is 1. The standard InChI is InChI=1S/C23H25NO2/c1-3-9-21(25)23-20(24-19-13-8-7-10-16(19)2)14-18(15-22(23)26)17-11-5-4-6-12-17/h4-8,10-13,18,25H,3,9,14-15H2,1-2H3/t18-/m1/s1. The van der Waals surface area contributed by atoms with Crippen LogP contribution in [0.3, 0.4) is 0 Å². The molecule has 0 aliphatic heterocycles. The molecule has 1 saturated carbocycles. The highest BCUT2D eigenvalue weighted by Crippen LogP contribution is 2.35. The quantitative estimate of drug-likeness (QED) is 0.559. The fourth-order valence-corrected chi connectivity index (χ4v) is 3.48. The summed E-state index contributed by atoms with van der Waals surface area (Å²) in [5.74, 6) is 0.268. The molecule has 26 heavy (non-hydrogen) atoms. The Labute approximate surface area is 155 Å². The Morgan fingerprint density at radius 3 is 2.46 bits per heavy atom. The zero-order valence-corrected chi connectivity index (χ0v) is 15.4. The lowest BCUT2D eigenvalue weighted by Gasteiger charge is -2.26. The SMILES string of the molecule is CCCC(O)=C1C(=O)C[C@H](c2ccccc2)CC1=Nc1ccccc1C. The molecule has 2 aromatic carbocycles. The molecule has 2 aromatic rings. The minimum atomic E-state index is -0.0108. The van der Waals surface area contributed by atoms with Gasteiger partial charge in [-0.05, 0) is 42.9 Å². The van der Waals surface area contributed by atoms with Gasteiger partial charge in [0.15, 0.2) is 5.78 Å². The molecule has 134 valence electrons. The van der Waals surface area contributed by atoms with E-state index in [9.17, 15) is 9.90 Å². The first-order valence-electron chi connectivity index (χ1n) is 9.24. The number of carbonyl (C=O) groups is 1. The largest absolute Gasteiger partial charge is 0.511 e. The Bertz CT molecular complexity index is 850. The molecule has 3 heteroatoms. The highest BCUT2D eigenvalue weighted by Gasteiger charge is 2.32. The molecule has 1 N–H and O–H groups in total. The van der Waals surface area contributed by atoms with Crippen molar-refractivity contribution in [2.45, 2.75) is 45.4 Å². The summed E-state index contributed by atoms with van der Waals surface area (Å²) in [7, 11) is 0. The highest BCUT2D eigenvalue weighted by molar-refractivity contribution is 6.25. The van der Waals surface area contributed by atoms with Crippen LogP contribution in [0, 0.1) is 6.92 Å². The van der Waals surface area contributed by atoms with E-state index in [2.05, 4.69) is 12.1 Å². The lowest BCUT2D eigenvalue weighted by Crippen LogP contribution is -2.26. The monoisotopic (exact) mass is 347 g/mol. The van der Waals surface area contributed by atoms with Crippen molar-refractivity contribution in [3.63, 3.8) is 0 Å². The average Bonchev–Trinajstić information content (AvgIpc) is 2.64. The second kappa shape index (κ2) is 8.13. The van der Waals surface area contributed by atoms with E-state index in [0.717, 1.165) is 23.2 Å². The number of benzene rings is 2. The zero-order valence-electron chi connectivity index (χ0n) is 15.4. The molecule has 0 unspecified atom stereocenters. The molecule has 0 saturated heterocycles. The third-order valence-electron chi connectivity index (χ3n) is 4.86. The molecular weight excluding hydrogens is 322 g/mol. The van der Waals surface area contributed by atoms with E-state index in [-0.39, 0.29) is 17.5 Å². The third-order valence-corrected chi connectivity index (χ3v) is 4.86. The lowest BCUT2D eigenvalue weighted by atomic mass is 9.78. The molecule has 0 bridgehead atoms. The molecule has 0 amide bonds. The summed E-state index contributed by atoms with van der Waals surface area (Å²) in [6.45, 7) is 4.00.